The molecule has 0 radical (unpaired) electrons. The summed E-state index contributed by atoms with van der Waals surface area (Å²) in [5.74, 6) is -1.85. The predicted octanol–water partition coefficient (Wildman–Crippen LogP) is 3.16. The molecule has 3 nitrogen and oxygen atoms in total. The molecule has 0 saturated heterocycles. The van der Waals surface area contributed by atoms with Gasteiger partial charge in [0.25, 0.3) is 0 Å². The second-order valence-corrected chi connectivity index (χ2v) is 3.82. The van der Waals surface area contributed by atoms with E-state index in [1.807, 2.05) is 0 Å². The molecular weight excluding hydrogens is 283 g/mol. The van der Waals surface area contributed by atoms with Crippen LogP contribution in [0.3, 0.4) is 0 Å². The molecule has 0 heterocycles. The summed E-state index contributed by atoms with van der Waals surface area (Å²) in [6.45, 7) is 0. The fourth-order valence-corrected chi connectivity index (χ4v) is 1.77. The van der Waals surface area contributed by atoms with Gasteiger partial charge in [0.05, 0.1) is 10.0 Å². The van der Waals surface area contributed by atoms with E-state index in [9.17, 15) is 9.90 Å². The van der Waals surface area contributed by atoms with Gasteiger partial charge in [0.2, 0.25) is 0 Å². The molecule has 70 valence electrons. The van der Waals surface area contributed by atoms with Crippen LogP contribution in [-0.2, 0) is 0 Å². The molecule has 0 aliphatic rings. The lowest BCUT2D eigenvalue weighted by Crippen LogP contribution is -1.98. The van der Waals surface area contributed by atoms with Crippen molar-refractivity contribution in [3.63, 3.8) is 0 Å². The molecule has 0 aromatic heterocycles. The summed E-state index contributed by atoms with van der Waals surface area (Å²) in [4.78, 5) is 10.6. The Morgan fingerprint density at radius 3 is 2.46 bits per heavy atom. The number of rotatable bonds is 1. The number of phenols is 1. The van der Waals surface area contributed by atoms with Crippen molar-refractivity contribution in [2.75, 3.05) is 0 Å². The Balaban J connectivity index is 3.56. The number of hydrogen-bond acceptors (Lipinski definition) is 2. The number of hydrogen-bond donors (Lipinski definition) is 2. The summed E-state index contributed by atoms with van der Waals surface area (Å²) < 4.78 is 0.328. The zero-order valence-corrected chi connectivity index (χ0v) is 9.11. The third kappa shape index (κ3) is 1.90. The molecule has 0 aliphatic carbocycles. The second kappa shape index (κ2) is 3.74. The van der Waals surface area contributed by atoms with E-state index in [1.165, 1.54) is 6.07 Å². The summed E-state index contributed by atoms with van der Waals surface area (Å²) >= 11 is 14.2. The Bertz CT molecular complexity index is 352. The van der Waals surface area contributed by atoms with Gasteiger partial charge in [-0.05, 0) is 22.0 Å². The molecule has 1 rings (SSSR count). The zero-order valence-electron chi connectivity index (χ0n) is 6.01. The lowest BCUT2D eigenvalue weighted by molar-refractivity contribution is 0.0694. The third-order valence-corrected chi connectivity index (χ3v) is 2.89. The third-order valence-electron chi connectivity index (χ3n) is 1.36. The molecule has 0 saturated carbocycles. The van der Waals surface area contributed by atoms with E-state index >= 15 is 0 Å². The van der Waals surface area contributed by atoms with Gasteiger partial charge in [-0.3, -0.25) is 0 Å². The van der Waals surface area contributed by atoms with Crippen LogP contribution in [0.25, 0.3) is 0 Å². The highest BCUT2D eigenvalue weighted by atomic mass is 79.9. The minimum Gasteiger partial charge on any atom is -0.505 e. The number of benzene rings is 1. The van der Waals surface area contributed by atoms with Gasteiger partial charge in [-0.15, -0.1) is 0 Å². The van der Waals surface area contributed by atoms with E-state index < -0.39 is 17.3 Å². The minimum atomic E-state index is -1.33. The van der Waals surface area contributed by atoms with Gasteiger partial charge in [-0.25, -0.2) is 4.79 Å². The highest BCUT2D eigenvalue weighted by Gasteiger charge is 2.19. The number of carboxylic acid groups (broad SMARTS) is 1. The Kier molecular flexibility index (Phi) is 3.05. The molecule has 0 unspecified atom stereocenters. The van der Waals surface area contributed by atoms with E-state index in [1.54, 1.807) is 0 Å². The van der Waals surface area contributed by atoms with E-state index in [0.717, 1.165) is 0 Å². The molecule has 0 fully saturated rings. The van der Waals surface area contributed by atoms with Crippen LogP contribution < -0.4 is 0 Å². The maximum Gasteiger partial charge on any atom is 0.341 e. The maximum absolute atomic E-state index is 10.6. The number of halogens is 3. The molecule has 6 heteroatoms. The van der Waals surface area contributed by atoms with Gasteiger partial charge in [0.15, 0.2) is 0 Å². The Labute approximate surface area is 92.0 Å². The molecule has 13 heavy (non-hydrogen) atoms. The average molecular weight is 286 g/mol. The highest BCUT2D eigenvalue weighted by Crippen LogP contribution is 2.38. The number of aromatic hydroxyl groups is 1. The molecule has 1 aromatic carbocycles. The number of aromatic carboxylic acids is 1. The van der Waals surface area contributed by atoms with Crippen LogP contribution >= 0.6 is 39.1 Å². The van der Waals surface area contributed by atoms with Crippen LogP contribution in [0.5, 0.6) is 5.75 Å². The van der Waals surface area contributed by atoms with E-state index in [2.05, 4.69) is 15.9 Å². The van der Waals surface area contributed by atoms with Crippen molar-refractivity contribution in [1.82, 2.24) is 0 Å². The zero-order chi connectivity index (χ0) is 10.2. The monoisotopic (exact) mass is 284 g/mol. The highest BCUT2D eigenvalue weighted by molar-refractivity contribution is 9.10. The largest absolute Gasteiger partial charge is 0.505 e. The van der Waals surface area contributed by atoms with Crippen molar-refractivity contribution >= 4 is 45.1 Å². The molecule has 0 aliphatic heterocycles. The predicted molar refractivity (Wildman–Crippen MR) is 52.8 cm³/mol. The van der Waals surface area contributed by atoms with Crippen LogP contribution in [-0.4, -0.2) is 16.2 Å². The SMILES string of the molecule is O=C(O)c1c(O)c(Cl)cc(Br)c1Cl. The molecule has 0 bridgehead atoms. The van der Waals surface area contributed by atoms with Crippen molar-refractivity contribution < 1.29 is 15.0 Å². The van der Waals surface area contributed by atoms with Gasteiger partial charge in [-0.2, -0.15) is 0 Å². The van der Waals surface area contributed by atoms with Crippen LogP contribution in [0.2, 0.25) is 10.0 Å². The maximum atomic E-state index is 10.6. The molecule has 1 aromatic rings. The Morgan fingerprint density at radius 1 is 1.46 bits per heavy atom. The van der Waals surface area contributed by atoms with Crippen LogP contribution in [0.15, 0.2) is 10.5 Å². The smallest absolute Gasteiger partial charge is 0.341 e. The lowest BCUT2D eigenvalue weighted by Gasteiger charge is -2.05. The van der Waals surface area contributed by atoms with Gasteiger partial charge >= 0.3 is 5.97 Å². The summed E-state index contributed by atoms with van der Waals surface area (Å²) in [5.41, 5.74) is -0.402. The van der Waals surface area contributed by atoms with E-state index in [4.69, 9.17) is 28.3 Å². The summed E-state index contributed by atoms with van der Waals surface area (Å²) in [7, 11) is 0. The Morgan fingerprint density at radius 2 is 2.00 bits per heavy atom. The first-order valence-corrected chi connectivity index (χ1v) is 4.59. The topological polar surface area (TPSA) is 57.5 Å². The van der Waals surface area contributed by atoms with Gasteiger partial charge in [0, 0.05) is 4.47 Å². The molecule has 0 amide bonds. The normalized spacial score (nSPS) is 10.1. The molecule has 0 spiro atoms. The first-order chi connectivity index (χ1) is 5.95. The second-order valence-electron chi connectivity index (χ2n) is 2.18. The molecule has 0 atom stereocenters. The average Bonchev–Trinajstić information content (AvgIpc) is 2.01. The molecule has 2 N–H and O–H groups in total. The lowest BCUT2D eigenvalue weighted by atomic mass is 10.2. The summed E-state index contributed by atoms with van der Waals surface area (Å²) in [6, 6.07) is 1.33. The minimum absolute atomic E-state index is 0.0614. The number of carboxylic acids is 1. The first kappa shape index (κ1) is 10.6. The standard InChI is InChI=1S/C7H3BrCl2O3/c8-2-1-3(9)6(11)4(5(2)10)7(12)13/h1,11H,(H,12,13). The Hall–Kier alpha value is -0.450. The quantitative estimate of drug-likeness (QED) is 0.779. The van der Waals surface area contributed by atoms with Gasteiger partial charge in [-0.1, -0.05) is 23.2 Å². The van der Waals surface area contributed by atoms with Crippen molar-refractivity contribution in [3.05, 3.63) is 26.1 Å². The van der Waals surface area contributed by atoms with Crippen LogP contribution in [0.1, 0.15) is 10.4 Å². The fraction of sp³-hybridized carbons (Fsp3) is 0. The van der Waals surface area contributed by atoms with Crippen LogP contribution in [0.4, 0.5) is 0 Å². The first-order valence-electron chi connectivity index (χ1n) is 3.05. The molecular formula is C7H3BrCl2O3. The van der Waals surface area contributed by atoms with Crippen molar-refractivity contribution in [3.8, 4) is 5.75 Å². The van der Waals surface area contributed by atoms with Crippen molar-refractivity contribution in [2.45, 2.75) is 0 Å². The van der Waals surface area contributed by atoms with Crippen molar-refractivity contribution in [2.24, 2.45) is 0 Å². The number of carbonyl (C=O) groups is 1. The van der Waals surface area contributed by atoms with Gasteiger partial charge in [0.1, 0.15) is 11.3 Å². The van der Waals surface area contributed by atoms with E-state index in [-0.39, 0.29) is 10.0 Å². The van der Waals surface area contributed by atoms with Crippen molar-refractivity contribution in [1.29, 1.82) is 0 Å². The van der Waals surface area contributed by atoms with Gasteiger partial charge < -0.3 is 10.2 Å². The fourth-order valence-electron chi connectivity index (χ4n) is 0.781. The summed E-state index contributed by atoms with van der Waals surface area (Å²) in [5, 5.41) is 17.8. The van der Waals surface area contributed by atoms with E-state index in [0.29, 0.717) is 4.47 Å². The summed E-state index contributed by atoms with van der Waals surface area (Å²) in [6.07, 6.45) is 0. The van der Waals surface area contributed by atoms with Crippen LogP contribution in [0, 0.1) is 0 Å².